The highest BCUT2D eigenvalue weighted by molar-refractivity contribution is 6.31. The van der Waals surface area contributed by atoms with Crippen molar-refractivity contribution in [3.63, 3.8) is 0 Å². The molecule has 1 amide bonds. The summed E-state index contributed by atoms with van der Waals surface area (Å²) in [5, 5.41) is 11.8. The van der Waals surface area contributed by atoms with Gasteiger partial charge in [-0.3, -0.25) is 9.48 Å². The maximum Gasteiger partial charge on any atom is 0.254 e. The number of halogens is 2. The summed E-state index contributed by atoms with van der Waals surface area (Å²) in [6.07, 6.45) is 7.92. The zero-order chi connectivity index (χ0) is 16.5. The van der Waals surface area contributed by atoms with Gasteiger partial charge in [-0.25, -0.2) is 0 Å². The summed E-state index contributed by atoms with van der Waals surface area (Å²) in [5.74, 6) is -0.0355. The standard InChI is InChI=1S/C18H21ClN4O.ClH/c19-17-4-2-1-3-12(17)10-23-11-13(9-20-23)18(24)22-16-7-14-5-6-15(8-16)21-14;/h1-4,9,11,14-16,21H,5-8,10H2,(H,22,24);1H. The lowest BCUT2D eigenvalue weighted by atomic mass is 9.99. The second-order valence-corrected chi connectivity index (χ2v) is 7.20. The molecule has 2 fully saturated rings. The molecule has 5 nitrogen and oxygen atoms in total. The Morgan fingerprint density at radius 2 is 2.00 bits per heavy atom. The van der Waals surface area contributed by atoms with Crippen molar-refractivity contribution in [1.29, 1.82) is 0 Å². The summed E-state index contributed by atoms with van der Waals surface area (Å²) in [4.78, 5) is 12.5. The third-order valence-electron chi connectivity index (χ3n) is 4.99. The molecule has 4 rings (SSSR count). The van der Waals surface area contributed by atoms with Crippen LogP contribution in [0.5, 0.6) is 0 Å². The topological polar surface area (TPSA) is 59.0 Å². The molecule has 134 valence electrons. The van der Waals surface area contributed by atoms with Gasteiger partial charge < -0.3 is 10.6 Å². The van der Waals surface area contributed by atoms with E-state index in [1.165, 1.54) is 12.8 Å². The third-order valence-corrected chi connectivity index (χ3v) is 5.36. The van der Waals surface area contributed by atoms with Gasteiger partial charge in [0.05, 0.1) is 18.3 Å². The number of aromatic nitrogens is 2. The van der Waals surface area contributed by atoms with Crippen molar-refractivity contribution in [1.82, 2.24) is 20.4 Å². The van der Waals surface area contributed by atoms with E-state index in [9.17, 15) is 4.79 Å². The first-order valence-corrected chi connectivity index (χ1v) is 8.88. The minimum absolute atomic E-state index is 0. The summed E-state index contributed by atoms with van der Waals surface area (Å²) in [6, 6.07) is 9.08. The summed E-state index contributed by atoms with van der Waals surface area (Å²) in [6.45, 7) is 0.560. The number of carbonyl (C=O) groups is 1. The van der Waals surface area contributed by atoms with Gasteiger partial charge in [-0.2, -0.15) is 5.10 Å². The first-order valence-electron chi connectivity index (χ1n) is 8.50. The molecule has 2 N–H and O–H groups in total. The number of hydrogen-bond acceptors (Lipinski definition) is 3. The van der Waals surface area contributed by atoms with E-state index in [4.69, 9.17) is 11.6 Å². The van der Waals surface area contributed by atoms with Crippen molar-refractivity contribution >= 4 is 29.9 Å². The maximum absolute atomic E-state index is 12.5. The van der Waals surface area contributed by atoms with Crippen molar-refractivity contribution in [2.75, 3.05) is 0 Å². The molecule has 2 saturated heterocycles. The molecule has 25 heavy (non-hydrogen) atoms. The number of fused-ring (bicyclic) bond motifs is 2. The van der Waals surface area contributed by atoms with Crippen LogP contribution in [0.15, 0.2) is 36.7 Å². The van der Waals surface area contributed by atoms with E-state index in [1.807, 2.05) is 24.3 Å². The smallest absolute Gasteiger partial charge is 0.254 e. The molecular weight excluding hydrogens is 359 g/mol. The van der Waals surface area contributed by atoms with Crippen LogP contribution in [0.4, 0.5) is 0 Å². The van der Waals surface area contributed by atoms with Gasteiger partial charge in [0, 0.05) is 29.3 Å². The Labute approximate surface area is 158 Å². The van der Waals surface area contributed by atoms with Crippen molar-refractivity contribution in [3.05, 3.63) is 52.8 Å². The highest BCUT2D eigenvalue weighted by atomic mass is 35.5. The van der Waals surface area contributed by atoms with E-state index in [0.29, 0.717) is 29.2 Å². The van der Waals surface area contributed by atoms with Gasteiger partial charge in [0.1, 0.15) is 0 Å². The fraction of sp³-hybridized carbons (Fsp3) is 0.444. The van der Waals surface area contributed by atoms with Crippen molar-refractivity contribution in [3.8, 4) is 0 Å². The lowest BCUT2D eigenvalue weighted by molar-refractivity contribution is 0.0924. The second-order valence-electron chi connectivity index (χ2n) is 6.80. The van der Waals surface area contributed by atoms with Crippen LogP contribution in [-0.4, -0.2) is 33.8 Å². The Balaban J connectivity index is 0.00000182. The average Bonchev–Trinajstić information content (AvgIpc) is 3.16. The molecule has 3 heterocycles. The van der Waals surface area contributed by atoms with Crippen LogP contribution in [0.2, 0.25) is 5.02 Å². The highest BCUT2D eigenvalue weighted by Crippen LogP contribution is 2.27. The molecule has 0 saturated carbocycles. The second kappa shape index (κ2) is 7.77. The van der Waals surface area contributed by atoms with Crippen LogP contribution < -0.4 is 10.6 Å². The lowest BCUT2D eigenvalue weighted by Crippen LogP contribution is -2.47. The number of hydrogen-bond donors (Lipinski definition) is 2. The molecule has 0 aliphatic carbocycles. The van der Waals surface area contributed by atoms with Crippen molar-refractivity contribution in [2.45, 2.75) is 50.4 Å². The maximum atomic E-state index is 12.5. The van der Waals surface area contributed by atoms with Crippen LogP contribution in [0.1, 0.15) is 41.6 Å². The van der Waals surface area contributed by atoms with Gasteiger partial charge >= 0.3 is 0 Å². The van der Waals surface area contributed by atoms with Crippen molar-refractivity contribution in [2.24, 2.45) is 0 Å². The summed E-state index contributed by atoms with van der Waals surface area (Å²) < 4.78 is 1.75. The lowest BCUT2D eigenvalue weighted by Gasteiger charge is -2.29. The highest BCUT2D eigenvalue weighted by Gasteiger charge is 2.34. The molecule has 0 radical (unpaired) electrons. The minimum atomic E-state index is -0.0355. The number of carbonyl (C=O) groups excluding carboxylic acids is 1. The Morgan fingerprint density at radius 3 is 2.72 bits per heavy atom. The zero-order valence-electron chi connectivity index (χ0n) is 13.8. The van der Waals surface area contributed by atoms with Gasteiger partial charge in [0.25, 0.3) is 5.91 Å². The SMILES string of the molecule is Cl.O=C(NC1CC2CCC(C1)N2)c1cnn(Cc2ccccc2Cl)c1. The van der Waals surface area contributed by atoms with Crippen LogP contribution in [-0.2, 0) is 6.54 Å². The number of rotatable bonds is 4. The third kappa shape index (κ3) is 4.17. The normalized spacial score (nSPS) is 24.6. The van der Waals surface area contributed by atoms with Gasteiger partial charge in [-0.1, -0.05) is 29.8 Å². The van der Waals surface area contributed by atoms with E-state index in [-0.39, 0.29) is 24.4 Å². The number of amides is 1. The fourth-order valence-electron chi connectivity index (χ4n) is 3.81. The summed E-state index contributed by atoms with van der Waals surface area (Å²) in [5.41, 5.74) is 1.59. The quantitative estimate of drug-likeness (QED) is 0.856. The molecule has 2 aliphatic rings. The molecule has 2 bridgehead atoms. The van der Waals surface area contributed by atoms with Crippen LogP contribution >= 0.6 is 24.0 Å². The van der Waals surface area contributed by atoms with E-state index in [1.54, 1.807) is 17.1 Å². The molecule has 7 heteroatoms. The summed E-state index contributed by atoms with van der Waals surface area (Å²) >= 11 is 6.18. The summed E-state index contributed by atoms with van der Waals surface area (Å²) in [7, 11) is 0. The molecule has 2 aliphatic heterocycles. The predicted octanol–water partition coefficient (Wildman–Crippen LogP) is 3.02. The molecule has 2 unspecified atom stereocenters. The Bertz CT molecular complexity index is 736. The van der Waals surface area contributed by atoms with Crippen LogP contribution in [0.3, 0.4) is 0 Å². The molecular formula is C18H22Cl2N4O. The zero-order valence-corrected chi connectivity index (χ0v) is 15.4. The number of piperidine rings is 1. The largest absolute Gasteiger partial charge is 0.349 e. The Hall–Kier alpha value is -1.56. The first kappa shape index (κ1) is 18.2. The minimum Gasteiger partial charge on any atom is -0.349 e. The predicted molar refractivity (Wildman–Crippen MR) is 100 cm³/mol. The first-order chi connectivity index (χ1) is 11.7. The molecule has 0 spiro atoms. The van der Waals surface area contributed by atoms with E-state index < -0.39 is 0 Å². The number of benzene rings is 1. The van der Waals surface area contributed by atoms with Gasteiger partial charge in [0.2, 0.25) is 0 Å². The molecule has 2 atom stereocenters. The van der Waals surface area contributed by atoms with Crippen LogP contribution in [0.25, 0.3) is 0 Å². The number of nitrogens with zero attached hydrogens (tertiary/aromatic N) is 2. The monoisotopic (exact) mass is 380 g/mol. The van der Waals surface area contributed by atoms with E-state index >= 15 is 0 Å². The van der Waals surface area contributed by atoms with Gasteiger partial charge in [0.15, 0.2) is 0 Å². The fourth-order valence-corrected chi connectivity index (χ4v) is 4.01. The molecule has 2 aromatic rings. The van der Waals surface area contributed by atoms with Gasteiger partial charge in [-0.05, 0) is 37.3 Å². The van der Waals surface area contributed by atoms with E-state index in [0.717, 1.165) is 18.4 Å². The molecule has 1 aromatic heterocycles. The molecule has 1 aromatic carbocycles. The van der Waals surface area contributed by atoms with Crippen LogP contribution in [0, 0.1) is 0 Å². The Morgan fingerprint density at radius 1 is 1.28 bits per heavy atom. The van der Waals surface area contributed by atoms with E-state index in [2.05, 4.69) is 15.7 Å². The van der Waals surface area contributed by atoms with Gasteiger partial charge in [-0.15, -0.1) is 12.4 Å². The Kier molecular flexibility index (Phi) is 5.67. The van der Waals surface area contributed by atoms with Crippen molar-refractivity contribution < 1.29 is 4.79 Å². The number of nitrogens with one attached hydrogen (secondary N) is 2. The average molecular weight is 381 g/mol.